The first kappa shape index (κ1) is 19.8. The highest BCUT2D eigenvalue weighted by atomic mass is 32.2. The van der Waals surface area contributed by atoms with Crippen LogP contribution in [0.25, 0.3) is 16.0 Å². The zero-order chi connectivity index (χ0) is 21.5. The predicted octanol–water partition coefficient (Wildman–Crippen LogP) is 3.51. The van der Waals surface area contributed by atoms with Gasteiger partial charge in [-0.3, -0.25) is 13.8 Å². The molecule has 0 saturated heterocycles. The van der Waals surface area contributed by atoms with Gasteiger partial charge in [0.1, 0.15) is 16.3 Å². The minimum Gasteiger partial charge on any atom is -0.484 e. The van der Waals surface area contributed by atoms with E-state index in [-0.39, 0.29) is 12.2 Å². The molecule has 0 bridgehead atoms. The Labute approximate surface area is 184 Å². The van der Waals surface area contributed by atoms with Gasteiger partial charge >= 0.3 is 0 Å². The zero-order valence-corrected chi connectivity index (χ0v) is 18.7. The third kappa shape index (κ3) is 3.59. The quantitative estimate of drug-likeness (QED) is 0.359. The van der Waals surface area contributed by atoms with Crippen molar-refractivity contribution < 1.29 is 9.15 Å². The molecule has 9 nitrogen and oxygen atoms in total. The lowest BCUT2D eigenvalue weighted by atomic mass is 10.1. The Hall–Kier alpha value is -3.18. The molecule has 0 unspecified atom stereocenters. The van der Waals surface area contributed by atoms with E-state index in [0.29, 0.717) is 33.2 Å². The molecule has 0 aliphatic heterocycles. The van der Waals surface area contributed by atoms with E-state index < -0.39 is 0 Å². The first-order valence-corrected chi connectivity index (χ1v) is 11.3. The molecular weight excluding hydrogens is 436 g/mol. The molecule has 0 amide bonds. The summed E-state index contributed by atoms with van der Waals surface area (Å²) in [6.45, 7) is 4.21. The molecule has 0 aliphatic rings. The minimum absolute atomic E-state index is 0.0745. The van der Waals surface area contributed by atoms with Crippen LogP contribution in [0.2, 0.25) is 0 Å². The zero-order valence-electron chi connectivity index (χ0n) is 17.0. The summed E-state index contributed by atoms with van der Waals surface area (Å²) >= 11 is 2.77. The van der Waals surface area contributed by atoms with Crippen molar-refractivity contribution in [3.05, 3.63) is 62.8 Å². The highest BCUT2D eigenvalue weighted by Crippen LogP contribution is 2.25. The van der Waals surface area contributed by atoms with Crippen LogP contribution in [-0.4, -0.2) is 29.4 Å². The van der Waals surface area contributed by atoms with Crippen LogP contribution in [0.1, 0.15) is 22.8 Å². The smallest absolute Gasteiger partial charge is 0.277 e. The highest BCUT2D eigenvalue weighted by molar-refractivity contribution is 7.98. The maximum Gasteiger partial charge on any atom is 0.277 e. The number of thiophene rings is 1. The summed E-state index contributed by atoms with van der Waals surface area (Å²) in [5, 5.41) is 18.9. The number of aromatic nitrogens is 6. The lowest BCUT2D eigenvalue weighted by Crippen LogP contribution is -2.19. The molecule has 1 aromatic carbocycles. The van der Waals surface area contributed by atoms with Crippen LogP contribution in [0.15, 0.2) is 44.1 Å². The van der Waals surface area contributed by atoms with Gasteiger partial charge < -0.3 is 9.15 Å². The maximum absolute atomic E-state index is 12.4. The van der Waals surface area contributed by atoms with Gasteiger partial charge in [-0.15, -0.1) is 31.7 Å². The fourth-order valence-electron chi connectivity index (χ4n) is 3.23. The SMILES string of the molecule is Cc1ccc(C)c(OCc2nnc(SCc3nnc4n(C)c(=O)c5sccc5n34)o2)c1. The number of ether oxygens (including phenoxy) is 1. The number of hydrogen-bond acceptors (Lipinski definition) is 9. The van der Waals surface area contributed by atoms with Gasteiger partial charge in [-0.1, -0.05) is 23.9 Å². The monoisotopic (exact) mass is 454 g/mol. The average molecular weight is 455 g/mol. The molecule has 0 N–H and O–H groups in total. The largest absolute Gasteiger partial charge is 0.484 e. The minimum atomic E-state index is -0.0745. The number of fused-ring (bicyclic) bond motifs is 3. The fraction of sp³-hybridized carbons (Fsp3) is 0.250. The van der Waals surface area contributed by atoms with Crippen LogP contribution in [0.5, 0.6) is 5.75 Å². The molecule has 4 aromatic heterocycles. The topological polar surface area (TPSA) is 100 Å². The second-order valence-electron chi connectivity index (χ2n) is 7.06. The summed E-state index contributed by atoms with van der Waals surface area (Å²) in [5.41, 5.74) is 2.90. The molecule has 5 rings (SSSR count). The summed E-state index contributed by atoms with van der Waals surface area (Å²) in [5.74, 6) is 2.86. The molecule has 0 radical (unpaired) electrons. The Morgan fingerprint density at radius 2 is 2.03 bits per heavy atom. The van der Waals surface area contributed by atoms with Crippen molar-refractivity contribution in [2.45, 2.75) is 31.4 Å². The summed E-state index contributed by atoms with van der Waals surface area (Å²) in [7, 11) is 1.70. The van der Waals surface area contributed by atoms with E-state index in [1.807, 2.05) is 47.9 Å². The van der Waals surface area contributed by atoms with E-state index in [2.05, 4.69) is 20.4 Å². The van der Waals surface area contributed by atoms with Crippen molar-refractivity contribution in [3.63, 3.8) is 0 Å². The average Bonchev–Trinajstić information content (AvgIpc) is 3.50. The third-order valence-corrected chi connectivity index (χ3v) is 6.57. The van der Waals surface area contributed by atoms with Gasteiger partial charge in [0.15, 0.2) is 6.61 Å². The first-order valence-electron chi connectivity index (χ1n) is 9.46. The van der Waals surface area contributed by atoms with Crippen molar-refractivity contribution in [1.29, 1.82) is 0 Å². The second kappa shape index (κ2) is 7.82. The first-order chi connectivity index (χ1) is 15.0. The molecule has 158 valence electrons. The normalized spacial score (nSPS) is 11.6. The lowest BCUT2D eigenvalue weighted by molar-refractivity contribution is 0.250. The third-order valence-electron chi connectivity index (χ3n) is 4.87. The Balaban J connectivity index is 1.32. The van der Waals surface area contributed by atoms with Crippen molar-refractivity contribution in [3.8, 4) is 5.75 Å². The second-order valence-corrected chi connectivity index (χ2v) is 8.90. The lowest BCUT2D eigenvalue weighted by Gasteiger charge is -2.07. The van der Waals surface area contributed by atoms with Crippen LogP contribution in [0, 0.1) is 13.8 Å². The predicted molar refractivity (Wildman–Crippen MR) is 118 cm³/mol. The Morgan fingerprint density at radius 3 is 2.90 bits per heavy atom. The molecule has 31 heavy (non-hydrogen) atoms. The molecular formula is C20H18N6O3S2. The van der Waals surface area contributed by atoms with Crippen molar-refractivity contribution in [2.24, 2.45) is 7.05 Å². The molecule has 0 saturated carbocycles. The number of aryl methyl sites for hydroxylation is 3. The summed E-state index contributed by atoms with van der Waals surface area (Å²) < 4.78 is 15.6. The van der Waals surface area contributed by atoms with E-state index in [1.54, 1.807) is 7.05 Å². The Bertz CT molecular complexity index is 1470. The van der Waals surface area contributed by atoms with E-state index in [1.165, 1.54) is 27.7 Å². The van der Waals surface area contributed by atoms with Gasteiger partial charge in [0.2, 0.25) is 5.78 Å². The van der Waals surface area contributed by atoms with E-state index in [9.17, 15) is 4.79 Å². The number of nitrogens with zero attached hydrogens (tertiary/aromatic N) is 6. The molecule has 0 atom stereocenters. The molecule has 0 aliphatic carbocycles. The van der Waals surface area contributed by atoms with Crippen LogP contribution in [0.4, 0.5) is 0 Å². The summed E-state index contributed by atoms with van der Waals surface area (Å²) in [6, 6.07) is 7.94. The van der Waals surface area contributed by atoms with Crippen molar-refractivity contribution in [2.75, 3.05) is 0 Å². The van der Waals surface area contributed by atoms with Crippen LogP contribution in [0.3, 0.4) is 0 Å². The summed E-state index contributed by atoms with van der Waals surface area (Å²) in [4.78, 5) is 12.4. The number of hydrogen-bond donors (Lipinski definition) is 0. The standard InChI is InChI=1S/C20H18N6O3S2/c1-11-4-5-12(2)14(8-11)28-9-16-22-24-20(29-16)31-10-15-21-23-19-25(3)18(27)17-13(26(15)19)6-7-30-17/h4-8H,9-10H2,1-3H3. The highest BCUT2D eigenvalue weighted by Gasteiger charge is 2.17. The molecule has 5 aromatic rings. The molecule has 0 fully saturated rings. The van der Waals surface area contributed by atoms with Crippen molar-refractivity contribution in [1.82, 2.24) is 29.4 Å². The Kier molecular flexibility index (Phi) is 4.98. The maximum atomic E-state index is 12.4. The number of rotatable bonds is 6. The molecule has 4 heterocycles. The van der Waals surface area contributed by atoms with Crippen molar-refractivity contribution >= 4 is 39.1 Å². The number of benzene rings is 1. The van der Waals surface area contributed by atoms with Gasteiger partial charge in [0, 0.05) is 7.05 Å². The van der Waals surface area contributed by atoms with E-state index in [4.69, 9.17) is 9.15 Å². The summed E-state index contributed by atoms with van der Waals surface area (Å²) in [6.07, 6.45) is 0. The van der Waals surface area contributed by atoms with Gasteiger partial charge in [-0.05, 0) is 42.5 Å². The van der Waals surface area contributed by atoms with E-state index >= 15 is 0 Å². The van der Waals surface area contributed by atoms with Gasteiger partial charge in [-0.2, -0.15) is 0 Å². The van der Waals surface area contributed by atoms with Gasteiger partial charge in [0.05, 0.1) is 11.3 Å². The Morgan fingerprint density at radius 1 is 1.16 bits per heavy atom. The molecule has 0 spiro atoms. The van der Waals surface area contributed by atoms with Gasteiger partial charge in [-0.25, -0.2) is 0 Å². The number of thioether (sulfide) groups is 1. The van der Waals surface area contributed by atoms with Crippen LogP contribution in [-0.2, 0) is 19.4 Å². The fourth-order valence-corrected chi connectivity index (χ4v) is 4.77. The van der Waals surface area contributed by atoms with Crippen LogP contribution < -0.4 is 10.3 Å². The molecule has 11 heteroatoms. The van der Waals surface area contributed by atoms with Crippen LogP contribution >= 0.6 is 23.1 Å². The van der Waals surface area contributed by atoms with Gasteiger partial charge in [0.25, 0.3) is 16.7 Å². The van der Waals surface area contributed by atoms with E-state index in [0.717, 1.165) is 22.4 Å².